The topological polar surface area (TPSA) is 32.3 Å². The summed E-state index contributed by atoms with van der Waals surface area (Å²) in [4.78, 5) is 0. The molecule has 0 aliphatic carbocycles. The van der Waals surface area contributed by atoms with E-state index in [-0.39, 0.29) is 5.92 Å². The second kappa shape index (κ2) is 3.06. The van der Waals surface area contributed by atoms with Crippen LogP contribution in [0.2, 0.25) is 0 Å². The Balaban J connectivity index is 2.39. The first-order valence-corrected chi connectivity index (χ1v) is 3.78. The molecule has 0 radical (unpaired) electrons. The van der Waals surface area contributed by atoms with E-state index in [1.807, 2.05) is 0 Å². The Bertz CT molecular complexity index is 133. The molecule has 1 fully saturated rings. The monoisotopic (exact) mass is 141 g/mol. The minimum Gasteiger partial charge on any atom is -0.513 e. The van der Waals surface area contributed by atoms with Crippen molar-refractivity contribution < 1.29 is 5.11 Å². The molecule has 0 aromatic carbocycles. The molecule has 0 bridgehead atoms. The molecule has 0 aromatic rings. The molecule has 0 saturated carbocycles. The molecule has 0 amide bonds. The van der Waals surface area contributed by atoms with E-state index in [0.29, 0.717) is 11.7 Å². The van der Waals surface area contributed by atoms with Gasteiger partial charge in [0.15, 0.2) is 0 Å². The average molecular weight is 141 g/mol. The van der Waals surface area contributed by atoms with Crippen molar-refractivity contribution in [1.29, 1.82) is 0 Å². The highest BCUT2D eigenvalue weighted by atomic mass is 16.3. The lowest BCUT2D eigenvalue weighted by Crippen LogP contribution is -2.35. The minimum absolute atomic E-state index is 0.281. The van der Waals surface area contributed by atoms with Crippen LogP contribution in [0.4, 0.5) is 0 Å². The summed E-state index contributed by atoms with van der Waals surface area (Å²) in [6, 6.07) is 0. The van der Waals surface area contributed by atoms with Gasteiger partial charge in [-0.3, -0.25) is 0 Å². The quantitative estimate of drug-likeness (QED) is 0.539. The van der Waals surface area contributed by atoms with Gasteiger partial charge >= 0.3 is 0 Å². The van der Waals surface area contributed by atoms with Gasteiger partial charge in [-0.1, -0.05) is 13.5 Å². The number of aliphatic hydroxyl groups is 1. The fourth-order valence-electron chi connectivity index (χ4n) is 1.41. The minimum atomic E-state index is 0.281. The van der Waals surface area contributed by atoms with E-state index in [9.17, 15) is 0 Å². The predicted octanol–water partition coefficient (Wildman–Crippen LogP) is 1.30. The fraction of sp³-hybridized carbons (Fsp3) is 0.750. The Morgan fingerprint density at radius 3 is 2.70 bits per heavy atom. The van der Waals surface area contributed by atoms with Gasteiger partial charge in [0.25, 0.3) is 0 Å². The maximum atomic E-state index is 9.06. The van der Waals surface area contributed by atoms with Crippen LogP contribution in [0.5, 0.6) is 0 Å². The van der Waals surface area contributed by atoms with Crippen LogP contribution in [0.1, 0.15) is 13.3 Å². The van der Waals surface area contributed by atoms with Crippen LogP contribution in [-0.2, 0) is 0 Å². The highest BCUT2D eigenvalue weighted by molar-refractivity contribution is 4.93. The summed E-state index contributed by atoms with van der Waals surface area (Å²) in [5.41, 5.74) is 0. The molecule has 10 heavy (non-hydrogen) atoms. The van der Waals surface area contributed by atoms with Crippen molar-refractivity contribution in [2.75, 3.05) is 13.1 Å². The largest absolute Gasteiger partial charge is 0.513 e. The number of aliphatic hydroxyl groups excluding tert-OH is 1. The molecule has 1 heterocycles. The summed E-state index contributed by atoms with van der Waals surface area (Å²) in [5.74, 6) is 1.28. The van der Waals surface area contributed by atoms with Crippen molar-refractivity contribution in [1.82, 2.24) is 5.32 Å². The van der Waals surface area contributed by atoms with Crippen molar-refractivity contribution >= 4 is 0 Å². The lowest BCUT2D eigenvalue weighted by atomic mass is 9.91. The highest BCUT2D eigenvalue weighted by Crippen LogP contribution is 2.19. The zero-order chi connectivity index (χ0) is 7.56. The molecule has 2 atom stereocenters. The molecule has 0 aromatic heterocycles. The van der Waals surface area contributed by atoms with Crippen LogP contribution in [0.25, 0.3) is 0 Å². The van der Waals surface area contributed by atoms with Gasteiger partial charge in [0, 0.05) is 12.5 Å². The summed E-state index contributed by atoms with van der Waals surface area (Å²) in [6.45, 7) is 7.67. The van der Waals surface area contributed by atoms with Crippen LogP contribution in [0.3, 0.4) is 0 Å². The molecule has 2 nitrogen and oxygen atoms in total. The maximum Gasteiger partial charge on any atom is 0.0894 e. The maximum absolute atomic E-state index is 9.06. The molecule has 1 unspecified atom stereocenters. The van der Waals surface area contributed by atoms with Crippen LogP contribution < -0.4 is 5.32 Å². The van der Waals surface area contributed by atoms with Crippen LogP contribution in [0.15, 0.2) is 12.3 Å². The first kappa shape index (κ1) is 7.61. The number of hydrogen-bond acceptors (Lipinski definition) is 2. The van der Waals surface area contributed by atoms with Gasteiger partial charge in [0.1, 0.15) is 0 Å². The second-order valence-electron chi connectivity index (χ2n) is 3.19. The summed E-state index contributed by atoms with van der Waals surface area (Å²) in [6.07, 6.45) is 1.07. The Morgan fingerprint density at radius 2 is 2.30 bits per heavy atom. The third-order valence-corrected chi connectivity index (χ3v) is 2.04. The Kier molecular flexibility index (Phi) is 2.33. The lowest BCUT2D eigenvalue weighted by molar-refractivity contribution is 0.253. The number of piperidine rings is 1. The van der Waals surface area contributed by atoms with Crippen molar-refractivity contribution in [3.63, 3.8) is 0 Å². The van der Waals surface area contributed by atoms with E-state index in [0.717, 1.165) is 19.5 Å². The smallest absolute Gasteiger partial charge is 0.0894 e. The van der Waals surface area contributed by atoms with E-state index in [1.54, 1.807) is 0 Å². The number of hydrogen-bond donors (Lipinski definition) is 2. The van der Waals surface area contributed by atoms with Gasteiger partial charge in [-0.2, -0.15) is 0 Å². The van der Waals surface area contributed by atoms with Gasteiger partial charge in [-0.15, -0.1) is 0 Å². The zero-order valence-corrected chi connectivity index (χ0v) is 6.43. The molecule has 58 valence electrons. The molecular formula is C8H15NO. The number of nitrogens with one attached hydrogen (secondary N) is 1. The van der Waals surface area contributed by atoms with Crippen molar-refractivity contribution in [2.24, 2.45) is 11.8 Å². The normalized spacial score (nSPS) is 33.7. The fourth-order valence-corrected chi connectivity index (χ4v) is 1.41. The summed E-state index contributed by atoms with van der Waals surface area (Å²) >= 11 is 0. The second-order valence-corrected chi connectivity index (χ2v) is 3.19. The summed E-state index contributed by atoms with van der Waals surface area (Å²) in [5, 5.41) is 12.3. The number of rotatable bonds is 1. The van der Waals surface area contributed by atoms with Crippen molar-refractivity contribution in [2.45, 2.75) is 13.3 Å². The third kappa shape index (κ3) is 1.74. The molecule has 1 aliphatic heterocycles. The van der Waals surface area contributed by atoms with Crippen molar-refractivity contribution in [3.05, 3.63) is 12.3 Å². The first-order chi connectivity index (χ1) is 4.70. The Labute approximate surface area is 61.9 Å². The van der Waals surface area contributed by atoms with Crippen molar-refractivity contribution in [3.8, 4) is 0 Å². The van der Waals surface area contributed by atoms with Crippen LogP contribution >= 0.6 is 0 Å². The predicted molar refractivity (Wildman–Crippen MR) is 41.9 cm³/mol. The Hall–Kier alpha value is -0.500. The first-order valence-electron chi connectivity index (χ1n) is 3.78. The molecular weight excluding hydrogens is 126 g/mol. The summed E-state index contributed by atoms with van der Waals surface area (Å²) in [7, 11) is 0. The molecule has 2 heteroatoms. The standard InChI is InChI=1S/C8H15NO/c1-6-3-8(7(2)10)5-9-4-6/h6,8-10H,2-5H2,1H3/t6-,8?/m1/s1. The van der Waals surface area contributed by atoms with Gasteiger partial charge in [-0.05, 0) is 18.9 Å². The lowest BCUT2D eigenvalue weighted by Gasteiger charge is -2.26. The Morgan fingerprint density at radius 1 is 1.60 bits per heavy atom. The van der Waals surface area contributed by atoms with Gasteiger partial charge in [-0.25, -0.2) is 0 Å². The van der Waals surface area contributed by atoms with E-state index < -0.39 is 0 Å². The van der Waals surface area contributed by atoms with Gasteiger partial charge < -0.3 is 10.4 Å². The van der Waals surface area contributed by atoms with Gasteiger partial charge in [0.2, 0.25) is 0 Å². The molecule has 1 aliphatic rings. The van der Waals surface area contributed by atoms with E-state index in [2.05, 4.69) is 18.8 Å². The van der Waals surface area contributed by atoms with Crippen LogP contribution in [-0.4, -0.2) is 18.2 Å². The average Bonchev–Trinajstić information content (AvgIpc) is 1.88. The van der Waals surface area contributed by atoms with Crippen LogP contribution in [0, 0.1) is 11.8 Å². The third-order valence-electron chi connectivity index (χ3n) is 2.04. The summed E-state index contributed by atoms with van der Waals surface area (Å²) < 4.78 is 0. The SMILES string of the molecule is C=C(O)C1CNC[C@H](C)C1. The van der Waals surface area contributed by atoms with E-state index in [4.69, 9.17) is 5.11 Å². The van der Waals surface area contributed by atoms with Gasteiger partial charge in [0.05, 0.1) is 5.76 Å². The molecule has 1 rings (SSSR count). The van der Waals surface area contributed by atoms with E-state index in [1.165, 1.54) is 0 Å². The van der Waals surface area contributed by atoms with E-state index >= 15 is 0 Å². The molecule has 0 spiro atoms. The highest BCUT2D eigenvalue weighted by Gasteiger charge is 2.19. The zero-order valence-electron chi connectivity index (χ0n) is 6.43. The molecule has 1 saturated heterocycles. The molecule has 2 N–H and O–H groups in total.